The Morgan fingerprint density at radius 2 is 0.821 bits per heavy atom. The minimum atomic E-state index is -4.41. The summed E-state index contributed by atoms with van der Waals surface area (Å²) in [6.45, 7) is 0. The van der Waals surface area contributed by atoms with Gasteiger partial charge in [0.05, 0.1) is 0 Å². The van der Waals surface area contributed by atoms with E-state index in [1.807, 2.05) is 36.4 Å². The molecule has 0 spiro atoms. The summed E-state index contributed by atoms with van der Waals surface area (Å²) in [4.78, 5) is 0. The van der Waals surface area contributed by atoms with E-state index in [2.05, 4.69) is 24.3 Å². The molecule has 0 bridgehead atoms. The Kier molecular flexibility index (Phi) is 6.54. The van der Waals surface area contributed by atoms with Crippen LogP contribution in [0.3, 0.4) is 0 Å². The van der Waals surface area contributed by atoms with Crippen molar-refractivity contribution in [2.45, 2.75) is 19.6 Å². The third-order valence-corrected chi connectivity index (χ3v) is 12.0. The van der Waals surface area contributed by atoms with Crippen LogP contribution in [-0.4, -0.2) is 0 Å². The van der Waals surface area contributed by atoms with Crippen molar-refractivity contribution >= 4 is 23.3 Å². The van der Waals surface area contributed by atoms with Crippen molar-refractivity contribution in [2.24, 2.45) is 0 Å². The fraction of sp³-hybridized carbons (Fsp3) is 0.125. The summed E-state index contributed by atoms with van der Waals surface area (Å²) in [6, 6.07) is 26.7. The molecule has 2 unspecified atom stereocenters. The van der Waals surface area contributed by atoms with Gasteiger partial charge >= 0.3 is 234 Å². The summed E-state index contributed by atoms with van der Waals surface area (Å²) in [5.74, 6) is 0. The zero-order chi connectivity index (χ0) is 27.4. The van der Waals surface area contributed by atoms with E-state index in [0.29, 0.717) is 0 Å². The molecule has 2 atom stereocenters. The Morgan fingerprint density at radius 1 is 0.462 bits per heavy atom. The SMILES string of the molecule is FC(F)(F)c1ccc(C2=Cc3ccccc3[CH]2[Zr][CH]2C(c3ccc(C(F)(F)F)cc3)=Cc3ccccc32)cc1. The second-order valence-corrected chi connectivity index (χ2v) is 13.3. The Morgan fingerprint density at radius 3 is 1.18 bits per heavy atom. The Bertz CT molecular complexity index is 1470. The van der Waals surface area contributed by atoms with Gasteiger partial charge in [-0.2, -0.15) is 0 Å². The van der Waals surface area contributed by atoms with Crippen molar-refractivity contribution in [3.63, 3.8) is 0 Å². The first-order valence-electron chi connectivity index (χ1n) is 12.3. The molecular formula is C32H20F6Zr. The van der Waals surface area contributed by atoms with Crippen LogP contribution < -0.4 is 0 Å². The van der Waals surface area contributed by atoms with Crippen molar-refractivity contribution < 1.29 is 49.6 Å². The standard InChI is InChI=1S/2C16H10F3.Zr/c2*17-16(18,19)15-7-5-11(6-8-15)14-9-12-3-1-2-4-13(12)10-14;/h2*1-10H;. The second-order valence-electron chi connectivity index (χ2n) is 9.64. The van der Waals surface area contributed by atoms with Crippen LogP contribution in [0, 0.1) is 0 Å². The number of fused-ring (bicyclic) bond motifs is 2. The molecule has 2 aliphatic rings. The molecule has 2 aliphatic carbocycles. The van der Waals surface area contributed by atoms with Gasteiger partial charge in [0.2, 0.25) is 0 Å². The van der Waals surface area contributed by atoms with Crippen LogP contribution in [0.15, 0.2) is 97.1 Å². The number of alkyl halides is 6. The minimum absolute atomic E-state index is 0.0653. The molecule has 4 aromatic rings. The monoisotopic (exact) mass is 608 g/mol. The molecule has 4 aromatic carbocycles. The summed E-state index contributed by atoms with van der Waals surface area (Å²) in [6.07, 6.45) is -4.66. The molecule has 6 rings (SSSR count). The van der Waals surface area contributed by atoms with Gasteiger partial charge in [-0.1, -0.05) is 0 Å². The van der Waals surface area contributed by atoms with Crippen LogP contribution in [0.2, 0.25) is 0 Å². The van der Waals surface area contributed by atoms with E-state index in [9.17, 15) is 26.3 Å². The number of halogens is 6. The summed E-state index contributed by atoms with van der Waals surface area (Å²) in [7, 11) is 0. The fourth-order valence-corrected chi connectivity index (χ4v) is 10.5. The maximum absolute atomic E-state index is 13.2. The molecule has 0 radical (unpaired) electrons. The van der Waals surface area contributed by atoms with Crippen LogP contribution in [-0.2, 0) is 35.6 Å². The average molecular weight is 610 g/mol. The third-order valence-electron chi connectivity index (χ3n) is 7.28. The molecule has 0 aliphatic heterocycles. The van der Waals surface area contributed by atoms with Crippen molar-refractivity contribution in [1.29, 1.82) is 0 Å². The van der Waals surface area contributed by atoms with E-state index in [-0.39, 0.29) is 7.25 Å². The summed E-state index contributed by atoms with van der Waals surface area (Å²) >= 11 is -1.47. The first-order chi connectivity index (χ1) is 18.6. The predicted octanol–water partition coefficient (Wildman–Crippen LogP) is 9.70. The zero-order valence-electron chi connectivity index (χ0n) is 20.3. The Labute approximate surface area is 233 Å². The Hall–Kier alpha value is -3.18. The summed E-state index contributed by atoms with van der Waals surface area (Å²) < 4.78 is 79.4. The third kappa shape index (κ3) is 4.98. The van der Waals surface area contributed by atoms with Gasteiger partial charge < -0.3 is 0 Å². The molecule has 7 heteroatoms. The maximum atomic E-state index is 13.2. The van der Waals surface area contributed by atoms with Gasteiger partial charge in [0.25, 0.3) is 0 Å². The van der Waals surface area contributed by atoms with Crippen LogP contribution in [0.25, 0.3) is 23.3 Å². The molecule has 39 heavy (non-hydrogen) atoms. The molecule has 0 saturated carbocycles. The first kappa shape index (κ1) is 26.1. The van der Waals surface area contributed by atoms with Gasteiger partial charge in [-0.3, -0.25) is 0 Å². The van der Waals surface area contributed by atoms with Crippen LogP contribution in [0.5, 0.6) is 0 Å². The van der Waals surface area contributed by atoms with Crippen LogP contribution >= 0.6 is 0 Å². The van der Waals surface area contributed by atoms with E-state index in [4.69, 9.17) is 0 Å². The number of hydrogen-bond donors (Lipinski definition) is 0. The topological polar surface area (TPSA) is 0 Å². The van der Waals surface area contributed by atoms with E-state index >= 15 is 0 Å². The number of allylic oxidation sites excluding steroid dienone is 2. The van der Waals surface area contributed by atoms with Crippen molar-refractivity contribution in [3.8, 4) is 0 Å². The number of rotatable bonds is 4. The molecule has 0 aromatic heterocycles. The molecule has 0 heterocycles. The molecule has 0 amide bonds. The van der Waals surface area contributed by atoms with Gasteiger partial charge in [-0.05, 0) is 0 Å². The molecule has 194 valence electrons. The van der Waals surface area contributed by atoms with Gasteiger partial charge in [0, 0.05) is 0 Å². The van der Waals surface area contributed by atoms with Crippen molar-refractivity contribution in [3.05, 3.63) is 142 Å². The van der Waals surface area contributed by atoms with E-state index < -0.39 is 46.7 Å². The predicted molar refractivity (Wildman–Crippen MR) is 137 cm³/mol. The summed E-state index contributed by atoms with van der Waals surface area (Å²) in [5, 5.41) is 0. The van der Waals surface area contributed by atoms with Crippen molar-refractivity contribution in [1.82, 2.24) is 0 Å². The molecular weight excluding hydrogens is 590 g/mol. The zero-order valence-corrected chi connectivity index (χ0v) is 22.8. The van der Waals surface area contributed by atoms with E-state index in [0.717, 1.165) is 68.8 Å². The fourth-order valence-electron chi connectivity index (χ4n) is 5.38. The van der Waals surface area contributed by atoms with Crippen molar-refractivity contribution in [2.75, 3.05) is 0 Å². The van der Waals surface area contributed by atoms with Gasteiger partial charge in [-0.15, -0.1) is 0 Å². The second kappa shape index (κ2) is 9.78. The van der Waals surface area contributed by atoms with E-state index in [1.54, 1.807) is 24.3 Å². The normalized spacial score (nSPS) is 18.3. The summed E-state index contributed by atoms with van der Waals surface area (Å²) in [5.41, 5.74) is 6.61. The van der Waals surface area contributed by atoms with Crippen LogP contribution in [0.1, 0.15) is 51.8 Å². The quantitative estimate of drug-likeness (QED) is 0.202. The van der Waals surface area contributed by atoms with Gasteiger partial charge in [0.15, 0.2) is 0 Å². The Balaban J connectivity index is 1.39. The first-order valence-corrected chi connectivity index (χ1v) is 15.2. The molecule has 0 nitrogen and oxygen atoms in total. The molecule has 0 N–H and O–H groups in total. The van der Waals surface area contributed by atoms with E-state index in [1.165, 1.54) is 0 Å². The average Bonchev–Trinajstić information content (AvgIpc) is 3.47. The van der Waals surface area contributed by atoms with Gasteiger partial charge in [-0.25, -0.2) is 0 Å². The number of hydrogen-bond acceptors (Lipinski definition) is 0. The number of benzene rings is 4. The van der Waals surface area contributed by atoms with Gasteiger partial charge in [0.1, 0.15) is 0 Å². The molecule has 0 fully saturated rings. The van der Waals surface area contributed by atoms with Crippen LogP contribution in [0.4, 0.5) is 26.3 Å². The molecule has 0 saturated heterocycles.